The van der Waals surface area contributed by atoms with Gasteiger partial charge in [0, 0.05) is 31.7 Å². The van der Waals surface area contributed by atoms with Crippen molar-refractivity contribution in [3.63, 3.8) is 0 Å². The molecule has 1 aromatic rings. The van der Waals surface area contributed by atoms with Gasteiger partial charge in [-0.2, -0.15) is 0 Å². The summed E-state index contributed by atoms with van der Waals surface area (Å²) in [4.78, 5) is 41.5. The van der Waals surface area contributed by atoms with Crippen molar-refractivity contribution in [2.75, 3.05) is 19.0 Å². The number of amides is 1. The van der Waals surface area contributed by atoms with Crippen molar-refractivity contribution in [1.82, 2.24) is 5.32 Å². The molecule has 1 aromatic carbocycles. The fourth-order valence-corrected chi connectivity index (χ4v) is 13.6. The second kappa shape index (κ2) is 13.2. The van der Waals surface area contributed by atoms with Crippen molar-refractivity contribution in [3.05, 3.63) is 42.0 Å². The van der Waals surface area contributed by atoms with Crippen LogP contribution in [0.25, 0.3) is 0 Å². The normalized spacial score (nSPS) is 39.2. The highest BCUT2D eigenvalue weighted by Gasteiger charge is 2.72. The molecular weight excluding hydrogens is 649 g/mol. The van der Waals surface area contributed by atoms with Crippen LogP contribution in [0.5, 0.6) is 0 Å². The van der Waals surface area contributed by atoms with Crippen molar-refractivity contribution < 1.29 is 24.2 Å². The van der Waals surface area contributed by atoms with E-state index in [-0.39, 0.29) is 45.5 Å². The lowest BCUT2D eigenvalue weighted by atomic mass is 9.32. The van der Waals surface area contributed by atoms with Crippen LogP contribution in [0.2, 0.25) is 0 Å². The highest BCUT2D eigenvalue weighted by molar-refractivity contribution is 5.84. The maximum atomic E-state index is 14.6. The maximum absolute atomic E-state index is 14.6. The molecule has 5 fully saturated rings. The topological polar surface area (TPSA) is 95.9 Å². The minimum atomic E-state index is -1.15. The number of carbonyl (C=O) groups excluding carboxylic acids is 2. The molecule has 288 valence electrons. The Bertz CT molecular complexity index is 1580. The predicted molar refractivity (Wildman–Crippen MR) is 207 cm³/mol. The molecule has 6 rings (SSSR count). The van der Waals surface area contributed by atoms with Gasteiger partial charge in [0.15, 0.2) is 0 Å². The number of carboxylic acid groups (broad SMARTS) is 1. The first-order chi connectivity index (χ1) is 24.1. The number of ether oxygens (including phenoxy) is 1. The Labute approximate surface area is 314 Å². The zero-order chi connectivity index (χ0) is 38.2. The molecule has 0 unspecified atom stereocenters. The number of nitrogens with one attached hydrogen (secondary N) is 1. The van der Waals surface area contributed by atoms with E-state index < -0.39 is 17.4 Å². The van der Waals surface area contributed by atoms with Gasteiger partial charge >= 0.3 is 11.9 Å². The number of aliphatic carboxylic acids is 1. The number of carbonyl (C=O) groups is 3. The van der Waals surface area contributed by atoms with Crippen LogP contribution in [-0.2, 0) is 25.7 Å². The Balaban J connectivity index is 1.23. The molecule has 7 heteroatoms. The minimum Gasteiger partial charge on any atom is -0.481 e. The average molecular weight is 717 g/mol. The van der Waals surface area contributed by atoms with Crippen LogP contribution in [0.4, 0.5) is 5.69 Å². The lowest BCUT2D eigenvalue weighted by Gasteiger charge is -2.72. The fraction of sp³-hybridized carbons (Fsp3) is 0.756. The van der Waals surface area contributed by atoms with Gasteiger partial charge in [-0.3, -0.25) is 14.4 Å². The highest BCUT2D eigenvalue weighted by atomic mass is 16.5. The van der Waals surface area contributed by atoms with Gasteiger partial charge in [0.25, 0.3) is 0 Å². The van der Waals surface area contributed by atoms with Crippen molar-refractivity contribution in [1.29, 1.82) is 0 Å². The summed E-state index contributed by atoms with van der Waals surface area (Å²) in [6.07, 6.45) is 10.1. The summed E-state index contributed by atoms with van der Waals surface area (Å²) in [6, 6.07) is 8.51. The molecule has 0 saturated heterocycles. The third-order valence-corrected chi connectivity index (χ3v) is 16.8. The Kier molecular flexibility index (Phi) is 9.86. The molecule has 1 amide bonds. The lowest BCUT2D eigenvalue weighted by molar-refractivity contribution is -0.249. The van der Waals surface area contributed by atoms with Gasteiger partial charge in [-0.25, -0.2) is 0 Å². The van der Waals surface area contributed by atoms with Crippen molar-refractivity contribution in [2.24, 2.45) is 62.1 Å². The zero-order valence-corrected chi connectivity index (χ0v) is 34.0. The van der Waals surface area contributed by atoms with Crippen LogP contribution in [-0.4, -0.2) is 43.2 Å². The van der Waals surface area contributed by atoms with E-state index in [4.69, 9.17) is 4.74 Å². The number of benzene rings is 1. The van der Waals surface area contributed by atoms with Crippen LogP contribution in [0, 0.1) is 62.1 Å². The van der Waals surface area contributed by atoms with E-state index >= 15 is 0 Å². The van der Waals surface area contributed by atoms with Gasteiger partial charge in [-0.1, -0.05) is 58.9 Å². The van der Waals surface area contributed by atoms with Crippen LogP contribution in [0.3, 0.4) is 0 Å². The summed E-state index contributed by atoms with van der Waals surface area (Å²) in [6.45, 7) is 22.8. The van der Waals surface area contributed by atoms with Crippen LogP contribution in [0.1, 0.15) is 132 Å². The summed E-state index contributed by atoms with van der Waals surface area (Å²) in [5.41, 5.74) is 2.21. The zero-order valence-electron chi connectivity index (χ0n) is 34.0. The summed E-state index contributed by atoms with van der Waals surface area (Å²) in [5.74, 6) is 0.994. The smallest absolute Gasteiger partial charge is 0.309 e. The molecule has 0 radical (unpaired) electrons. The second-order valence-electron chi connectivity index (χ2n) is 20.3. The maximum Gasteiger partial charge on any atom is 0.309 e. The first-order valence-corrected chi connectivity index (χ1v) is 20.3. The number of hydrogen-bond donors (Lipinski definition) is 2. The minimum absolute atomic E-state index is 0.116. The molecule has 0 spiro atoms. The van der Waals surface area contributed by atoms with E-state index in [1.165, 1.54) is 12.0 Å². The third kappa shape index (κ3) is 5.93. The fourth-order valence-electron chi connectivity index (χ4n) is 13.6. The number of carboxylic acids is 1. The molecule has 52 heavy (non-hydrogen) atoms. The third-order valence-electron chi connectivity index (χ3n) is 16.8. The van der Waals surface area contributed by atoms with E-state index in [9.17, 15) is 19.5 Å². The second-order valence-corrected chi connectivity index (χ2v) is 20.3. The predicted octanol–water partition coefficient (Wildman–Crippen LogP) is 9.44. The Hall–Kier alpha value is -2.83. The number of fused-ring (bicyclic) bond motifs is 7. The first kappa shape index (κ1) is 38.9. The van der Waals surface area contributed by atoms with Gasteiger partial charge in [0.2, 0.25) is 5.91 Å². The molecule has 0 aromatic heterocycles. The van der Waals surface area contributed by atoms with Gasteiger partial charge in [-0.15, -0.1) is 0 Å². The Morgan fingerprint density at radius 2 is 1.56 bits per heavy atom. The van der Waals surface area contributed by atoms with Gasteiger partial charge in [0.1, 0.15) is 6.10 Å². The number of hydrogen-bond acceptors (Lipinski definition) is 5. The number of nitrogens with zero attached hydrogens (tertiary/aromatic N) is 1. The molecule has 5 aliphatic rings. The monoisotopic (exact) mass is 717 g/mol. The quantitative estimate of drug-likeness (QED) is 0.195. The van der Waals surface area contributed by atoms with Gasteiger partial charge in [-0.05, 0) is 149 Å². The number of anilines is 1. The molecule has 5 aliphatic carbocycles. The van der Waals surface area contributed by atoms with Gasteiger partial charge < -0.3 is 20.1 Å². The number of rotatable bonds is 9. The SMILES string of the molecule is C=C(C)[C@@H]1CC[C@]2(C(=O)NCc3ccc(N(C)C)cc3)CC[C@]3(C)[C@H](CC[C@@H]4[C@@]5(C)CC[C@H](OC(=O)CC(C)(C)C(=O)O)C(C)(C)[C@@H]5CC[C@]43C)[C@@H]12. The van der Waals surface area contributed by atoms with Crippen LogP contribution in [0.15, 0.2) is 36.4 Å². The Morgan fingerprint density at radius 1 is 0.885 bits per heavy atom. The molecular formula is C45H68N2O5. The van der Waals surface area contributed by atoms with Crippen LogP contribution >= 0.6 is 0 Å². The van der Waals surface area contributed by atoms with Crippen molar-refractivity contribution in [3.8, 4) is 0 Å². The van der Waals surface area contributed by atoms with E-state index in [0.29, 0.717) is 36.1 Å². The lowest BCUT2D eigenvalue weighted by Crippen LogP contribution is -2.67. The highest BCUT2D eigenvalue weighted by Crippen LogP contribution is 2.77. The summed E-state index contributed by atoms with van der Waals surface area (Å²) in [5, 5.41) is 13.1. The summed E-state index contributed by atoms with van der Waals surface area (Å²) in [7, 11) is 4.09. The standard InChI is InChI=1S/C45H68N2O5/c1-28(2)31-18-23-45(38(49)46-27-29-12-14-30(15-13-29)47(10)11)25-24-43(8)32(37(31)45)16-17-34-42(7)21-20-35(52-36(48)26-40(3,4)39(50)51)41(5,6)33(42)19-22-44(34,43)9/h12-15,31-35,37H,1,16-27H2,2-11H3,(H,46,49)(H,50,51)/t31-,32+,33-,34+,35-,37+,42-,43+,44+,45-/m0/s1. The average Bonchev–Trinajstić information content (AvgIpc) is 3.46. The molecule has 7 nitrogen and oxygen atoms in total. The van der Waals surface area contributed by atoms with E-state index in [0.717, 1.165) is 69.0 Å². The Morgan fingerprint density at radius 3 is 2.17 bits per heavy atom. The summed E-state index contributed by atoms with van der Waals surface area (Å²) >= 11 is 0. The largest absolute Gasteiger partial charge is 0.481 e. The van der Waals surface area contributed by atoms with E-state index in [2.05, 4.69) is 82.6 Å². The molecule has 0 bridgehead atoms. The summed E-state index contributed by atoms with van der Waals surface area (Å²) < 4.78 is 6.18. The first-order valence-electron chi connectivity index (χ1n) is 20.3. The molecule has 5 saturated carbocycles. The van der Waals surface area contributed by atoms with E-state index in [1.54, 1.807) is 13.8 Å². The molecule has 0 aliphatic heterocycles. The van der Waals surface area contributed by atoms with E-state index in [1.807, 2.05) is 14.1 Å². The molecule has 0 heterocycles. The van der Waals surface area contributed by atoms with Crippen LogP contribution < -0.4 is 10.2 Å². The molecule has 10 atom stereocenters. The molecule has 2 N–H and O–H groups in total. The number of esters is 1. The number of allylic oxidation sites excluding steroid dienone is 1. The van der Waals surface area contributed by atoms with Gasteiger partial charge in [0.05, 0.1) is 17.3 Å². The van der Waals surface area contributed by atoms with Crippen molar-refractivity contribution in [2.45, 2.75) is 139 Å². The van der Waals surface area contributed by atoms with Crippen molar-refractivity contribution >= 4 is 23.5 Å².